The van der Waals surface area contributed by atoms with Gasteiger partial charge in [-0.2, -0.15) is 0 Å². The molecule has 3 amide bonds. The lowest BCUT2D eigenvalue weighted by Gasteiger charge is -2.12. The quantitative estimate of drug-likeness (QED) is 0.831. The van der Waals surface area contributed by atoms with Crippen LogP contribution in [0.4, 0.5) is 4.79 Å². The first kappa shape index (κ1) is 15.4. The summed E-state index contributed by atoms with van der Waals surface area (Å²) in [7, 11) is 1.37. The van der Waals surface area contributed by atoms with Gasteiger partial charge in [-0.15, -0.1) is 0 Å². The van der Waals surface area contributed by atoms with Crippen LogP contribution in [0.3, 0.4) is 0 Å². The van der Waals surface area contributed by atoms with Gasteiger partial charge in [-0.25, -0.2) is 14.6 Å². The first-order valence-corrected chi connectivity index (χ1v) is 6.60. The minimum atomic E-state index is -1.11. The van der Waals surface area contributed by atoms with Crippen LogP contribution in [-0.4, -0.2) is 36.0 Å². The monoisotopic (exact) mass is 301 g/mol. The summed E-state index contributed by atoms with van der Waals surface area (Å²) in [6.07, 6.45) is -1.11. The molecule has 22 heavy (non-hydrogen) atoms. The van der Waals surface area contributed by atoms with E-state index >= 15 is 0 Å². The van der Waals surface area contributed by atoms with Crippen molar-refractivity contribution in [3.05, 3.63) is 42.1 Å². The van der Waals surface area contributed by atoms with Crippen LogP contribution in [0, 0.1) is 0 Å². The van der Waals surface area contributed by atoms with Gasteiger partial charge in [-0.05, 0) is 19.1 Å². The minimum absolute atomic E-state index is 0.0956. The second-order valence-corrected chi connectivity index (χ2v) is 4.51. The highest BCUT2D eigenvalue weighted by Crippen LogP contribution is 2.12. The molecule has 0 aliphatic rings. The summed E-state index contributed by atoms with van der Waals surface area (Å²) < 4.78 is 5.00. The summed E-state index contributed by atoms with van der Waals surface area (Å²) in [4.78, 5) is 38.8. The summed E-state index contributed by atoms with van der Waals surface area (Å²) in [6.45, 7) is 1.37. The molecule has 114 valence electrons. The molecule has 0 unspecified atom stereocenters. The van der Waals surface area contributed by atoms with Crippen molar-refractivity contribution in [3.63, 3.8) is 0 Å². The van der Waals surface area contributed by atoms with E-state index in [0.717, 1.165) is 5.39 Å². The molecule has 0 aliphatic heterocycles. The van der Waals surface area contributed by atoms with Gasteiger partial charge in [0.05, 0.1) is 5.52 Å². The van der Waals surface area contributed by atoms with Gasteiger partial charge < -0.3 is 10.1 Å². The highest BCUT2D eigenvalue weighted by Gasteiger charge is 2.21. The number of para-hydroxylation sites is 1. The number of ether oxygens (including phenoxy) is 1. The standard InChI is InChI=1S/C15H15N3O4/c1-9(13(19)18-15(21)16-2)22-14(20)12-8-7-10-5-3-4-6-11(10)17-12/h3-9H,1-2H3,(H2,16,18,19,21)/t9-/m1/s1. The number of carbonyl (C=O) groups is 3. The number of carbonyl (C=O) groups excluding carboxylic acids is 3. The zero-order valence-electron chi connectivity index (χ0n) is 12.1. The molecular formula is C15H15N3O4. The third-order valence-electron chi connectivity index (χ3n) is 2.92. The van der Waals surface area contributed by atoms with Gasteiger partial charge in [0.25, 0.3) is 5.91 Å². The largest absolute Gasteiger partial charge is 0.448 e. The van der Waals surface area contributed by atoms with Crippen molar-refractivity contribution in [1.82, 2.24) is 15.6 Å². The number of imide groups is 1. The lowest BCUT2D eigenvalue weighted by atomic mass is 10.2. The Hall–Kier alpha value is -2.96. The molecule has 2 N–H and O–H groups in total. The van der Waals surface area contributed by atoms with Gasteiger partial charge in [0.2, 0.25) is 0 Å². The van der Waals surface area contributed by atoms with Gasteiger partial charge in [-0.1, -0.05) is 24.3 Å². The number of aromatic nitrogens is 1. The van der Waals surface area contributed by atoms with Crippen molar-refractivity contribution in [2.24, 2.45) is 0 Å². The predicted molar refractivity (Wildman–Crippen MR) is 79.2 cm³/mol. The van der Waals surface area contributed by atoms with E-state index in [1.54, 1.807) is 12.1 Å². The lowest BCUT2D eigenvalue weighted by molar-refractivity contribution is -0.127. The third-order valence-corrected chi connectivity index (χ3v) is 2.92. The van der Waals surface area contributed by atoms with E-state index in [0.29, 0.717) is 5.52 Å². The first-order chi connectivity index (χ1) is 10.5. The molecule has 7 nitrogen and oxygen atoms in total. The molecule has 0 saturated carbocycles. The normalized spacial score (nSPS) is 11.5. The first-order valence-electron chi connectivity index (χ1n) is 6.60. The Kier molecular flexibility index (Phi) is 4.67. The molecule has 2 aromatic rings. The van der Waals surface area contributed by atoms with E-state index in [1.165, 1.54) is 20.0 Å². The molecule has 0 radical (unpaired) electrons. The number of hydrogen-bond donors (Lipinski definition) is 2. The van der Waals surface area contributed by atoms with Crippen molar-refractivity contribution in [3.8, 4) is 0 Å². The van der Waals surface area contributed by atoms with Crippen LogP contribution in [0.25, 0.3) is 10.9 Å². The average Bonchev–Trinajstić information content (AvgIpc) is 2.53. The highest BCUT2D eigenvalue weighted by atomic mass is 16.5. The second kappa shape index (κ2) is 6.66. The maximum absolute atomic E-state index is 12.0. The Morgan fingerprint density at radius 2 is 1.86 bits per heavy atom. The minimum Gasteiger partial charge on any atom is -0.448 e. The molecule has 0 aliphatic carbocycles. The van der Waals surface area contributed by atoms with Crippen molar-refractivity contribution in [2.75, 3.05) is 7.05 Å². The van der Waals surface area contributed by atoms with Gasteiger partial charge >= 0.3 is 12.0 Å². The summed E-state index contributed by atoms with van der Waals surface area (Å²) >= 11 is 0. The van der Waals surface area contributed by atoms with Crippen molar-refractivity contribution in [1.29, 1.82) is 0 Å². The van der Waals surface area contributed by atoms with Crippen LogP contribution >= 0.6 is 0 Å². The molecule has 0 saturated heterocycles. The van der Waals surface area contributed by atoms with Crippen molar-refractivity contribution in [2.45, 2.75) is 13.0 Å². The number of esters is 1. The molecule has 0 fully saturated rings. The molecule has 0 bridgehead atoms. The van der Waals surface area contributed by atoms with Gasteiger partial charge in [0.15, 0.2) is 6.10 Å². The maximum atomic E-state index is 12.0. The van der Waals surface area contributed by atoms with E-state index in [9.17, 15) is 14.4 Å². The van der Waals surface area contributed by atoms with Crippen LogP contribution < -0.4 is 10.6 Å². The van der Waals surface area contributed by atoms with Crippen LogP contribution in [-0.2, 0) is 9.53 Å². The number of nitrogens with zero attached hydrogens (tertiary/aromatic N) is 1. The van der Waals surface area contributed by atoms with Crippen LogP contribution in [0.1, 0.15) is 17.4 Å². The number of benzene rings is 1. The molecular weight excluding hydrogens is 286 g/mol. The third kappa shape index (κ3) is 3.57. The zero-order valence-corrected chi connectivity index (χ0v) is 12.1. The Morgan fingerprint density at radius 1 is 1.14 bits per heavy atom. The fourth-order valence-corrected chi connectivity index (χ4v) is 1.73. The van der Waals surface area contributed by atoms with E-state index in [1.807, 2.05) is 23.5 Å². The van der Waals surface area contributed by atoms with E-state index < -0.39 is 24.0 Å². The van der Waals surface area contributed by atoms with Gasteiger partial charge in [0.1, 0.15) is 5.69 Å². The van der Waals surface area contributed by atoms with Crippen LogP contribution in [0.5, 0.6) is 0 Å². The summed E-state index contributed by atoms with van der Waals surface area (Å²) in [5, 5.41) is 5.15. The number of rotatable bonds is 3. The Labute approximate surface area is 126 Å². The van der Waals surface area contributed by atoms with Crippen molar-refractivity contribution >= 4 is 28.8 Å². The number of nitrogens with one attached hydrogen (secondary N) is 2. The number of urea groups is 1. The smallest absolute Gasteiger partial charge is 0.357 e. The fourth-order valence-electron chi connectivity index (χ4n) is 1.73. The van der Waals surface area contributed by atoms with E-state index in [4.69, 9.17) is 4.74 Å². The highest BCUT2D eigenvalue weighted by molar-refractivity contribution is 5.98. The summed E-state index contributed by atoms with van der Waals surface area (Å²) in [6, 6.07) is 9.92. The molecule has 1 atom stereocenters. The zero-order chi connectivity index (χ0) is 16.1. The van der Waals surface area contributed by atoms with Crippen LogP contribution in [0.2, 0.25) is 0 Å². The Balaban J connectivity index is 2.07. The van der Waals surface area contributed by atoms with Gasteiger partial charge in [-0.3, -0.25) is 10.1 Å². The molecule has 1 heterocycles. The average molecular weight is 301 g/mol. The maximum Gasteiger partial charge on any atom is 0.357 e. The molecule has 0 spiro atoms. The van der Waals surface area contributed by atoms with Crippen LogP contribution in [0.15, 0.2) is 36.4 Å². The summed E-state index contributed by atoms with van der Waals surface area (Å²) in [5.41, 5.74) is 0.748. The number of amides is 3. The molecule has 2 rings (SSSR count). The predicted octanol–water partition coefficient (Wildman–Crippen LogP) is 1.24. The summed E-state index contributed by atoms with van der Waals surface area (Å²) in [5.74, 6) is -1.45. The topological polar surface area (TPSA) is 97.4 Å². The SMILES string of the molecule is CNC(=O)NC(=O)[C@@H](C)OC(=O)c1ccc2ccccc2n1. The molecule has 1 aromatic heterocycles. The lowest BCUT2D eigenvalue weighted by Crippen LogP contribution is -2.43. The number of fused-ring (bicyclic) bond motifs is 1. The number of pyridine rings is 1. The molecule has 7 heteroatoms. The van der Waals surface area contributed by atoms with Gasteiger partial charge in [0, 0.05) is 12.4 Å². The number of hydrogen-bond acceptors (Lipinski definition) is 5. The van der Waals surface area contributed by atoms with E-state index in [2.05, 4.69) is 10.3 Å². The van der Waals surface area contributed by atoms with Crippen molar-refractivity contribution < 1.29 is 19.1 Å². The Bertz CT molecular complexity index is 730. The second-order valence-electron chi connectivity index (χ2n) is 4.51. The molecule has 1 aromatic carbocycles. The Morgan fingerprint density at radius 3 is 2.59 bits per heavy atom. The van der Waals surface area contributed by atoms with E-state index in [-0.39, 0.29) is 5.69 Å². The fraction of sp³-hybridized carbons (Fsp3) is 0.200.